The van der Waals surface area contributed by atoms with Gasteiger partial charge in [-0.05, 0) is 26.8 Å². The van der Waals surface area contributed by atoms with Gasteiger partial charge in [0.05, 0.1) is 11.7 Å². The fraction of sp³-hybridized carbons (Fsp3) is 1.00. The Bertz CT molecular complexity index is 130. The van der Waals surface area contributed by atoms with Gasteiger partial charge in [-0.2, -0.15) is 0 Å². The molecule has 0 radical (unpaired) electrons. The Hall–Kier alpha value is -0.120. The number of β-amino-alcohol motifs (C(OH)–C–C–N with tert-alkyl or cyclic N) is 1. The van der Waals surface area contributed by atoms with Crippen molar-refractivity contribution in [3.05, 3.63) is 0 Å². The highest BCUT2D eigenvalue weighted by Gasteiger charge is 2.30. The average molecular weight is 173 g/mol. The molecule has 72 valence electrons. The van der Waals surface area contributed by atoms with Gasteiger partial charge in [0, 0.05) is 19.6 Å². The zero-order valence-corrected chi connectivity index (χ0v) is 7.97. The Labute approximate surface area is 74.1 Å². The summed E-state index contributed by atoms with van der Waals surface area (Å²) in [7, 11) is 0. The number of rotatable bonds is 4. The van der Waals surface area contributed by atoms with E-state index in [0.717, 1.165) is 19.4 Å². The highest BCUT2D eigenvalue weighted by atomic mass is 16.5. The van der Waals surface area contributed by atoms with Crippen molar-refractivity contribution in [1.82, 2.24) is 5.32 Å². The highest BCUT2D eigenvalue weighted by molar-refractivity contribution is 4.87. The second-order valence-electron chi connectivity index (χ2n) is 3.82. The van der Waals surface area contributed by atoms with Crippen LogP contribution in [-0.4, -0.2) is 36.5 Å². The van der Waals surface area contributed by atoms with Gasteiger partial charge in [-0.1, -0.05) is 0 Å². The molecule has 1 heterocycles. The minimum Gasteiger partial charge on any atom is -0.388 e. The van der Waals surface area contributed by atoms with E-state index in [1.807, 2.05) is 13.8 Å². The normalized spacial score (nSPS) is 30.0. The lowest BCUT2D eigenvalue weighted by Crippen LogP contribution is -2.33. The summed E-state index contributed by atoms with van der Waals surface area (Å²) in [6, 6.07) is 0. The van der Waals surface area contributed by atoms with E-state index in [9.17, 15) is 5.11 Å². The van der Waals surface area contributed by atoms with Crippen LogP contribution in [0.3, 0.4) is 0 Å². The summed E-state index contributed by atoms with van der Waals surface area (Å²) in [6.07, 6.45) is 1.87. The van der Waals surface area contributed by atoms with Crippen molar-refractivity contribution < 1.29 is 9.84 Å². The van der Waals surface area contributed by atoms with E-state index < -0.39 is 5.60 Å². The van der Waals surface area contributed by atoms with E-state index >= 15 is 0 Å². The maximum atomic E-state index is 9.86. The van der Waals surface area contributed by atoms with Gasteiger partial charge in [-0.3, -0.25) is 0 Å². The van der Waals surface area contributed by atoms with E-state index in [2.05, 4.69) is 5.32 Å². The SMILES string of the molecule is CC(C)OCCC1(O)CCNC1. The first-order chi connectivity index (χ1) is 5.62. The summed E-state index contributed by atoms with van der Waals surface area (Å²) in [4.78, 5) is 0. The predicted molar refractivity (Wildman–Crippen MR) is 48.1 cm³/mol. The quantitative estimate of drug-likeness (QED) is 0.651. The molecule has 1 fully saturated rings. The molecular formula is C9H19NO2. The maximum absolute atomic E-state index is 9.86. The summed E-state index contributed by atoms with van der Waals surface area (Å²) in [6.45, 7) is 6.33. The fourth-order valence-electron chi connectivity index (χ4n) is 1.43. The van der Waals surface area contributed by atoms with Crippen molar-refractivity contribution in [3.63, 3.8) is 0 Å². The fourth-order valence-corrected chi connectivity index (χ4v) is 1.43. The first-order valence-corrected chi connectivity index (χ1v) is 4.67. The molecule has 0 aromatic carbocycles. The Morgan fingerprint density at radius 1 is 1.58 bits per heavy atom. The average Bonchev–Trinajstić information content (AvgIpc) is 2.35. The molecule has 1 unspecified atom stereocenters. The molecule has 3 nitrogen and oxygen atoms in total. The van der Waals surface area contributed by atoms with Crippen LogP contribution in [0.2, 0.25) is 0 Å². The minimum atomic E-state index is -0.505. The molecule has 1 saturated heterocycles. The molecule has 12 heavy (non-hydrogen) atoms. The van der Waals surface area contributed by atoms with Crippen LogP contribution in [0.1, 0.15) is 26.7 Å². The molecular weight excluding hydrogens is 154 g/mol. The van der Waals surface area contributed by atoms with Crippen molar-refractivity contribution in [1.29, 1.82) is 0 Å². The molecule has 2 N–H and O–H groups in total. The maximum Gasteiger partial charge on any atom is 0.0805 e. The van der Waals surface area contributed by atoms with Crippen LogP contribution in [0.4, 0.5) is 0 Å². The molecule has 1 atom stereocenters. The third-order valence-electron chi connectivity index (χ3n) is 2.24. The van der Waals surface area contributed by atoms with Crippen LogP contribution in [0.5, 0.6) is 0 Å². The Balaban J connectivity index is 2.13. The molecule has 3 heteroatoms. The smallest absolute Gasteiger partial charge is 0.0805 e. The van der Waals surface area contributed by atoms with E-state index in [-0.39, 0.29) is 6.10 Å². The summed E-state index contributed by atoms with van der Waals surface area (Å²) < 4.78 is 5.38. The molecule has 1 aliphatic heterocycles. The highest BCUT2D eigenvalue weighted by Crippen LogP contribution is 2.18. The van der Waals surface area contributed by atoms with Gasteiger partial charge in [0.1, 0.15) is 0 Å². The number of nitrogens with one attached hydrogen (secondary N) is 1. The standard InChI is InChI=1S/C9H19NO2/c1-8(2)12-6-4-9(11)3-5-10-7-9/h8,10-11H,3-7H2,1-2H3. The topological polar surface area (TPSA) is 41.5 Å². The Morgan fingerprint density at radius 2 is 2.33 bits per heavy atom. The van der Waals surface area contributed by atoms with Crippen LogP contribution < -0.4 is 5.32 Å². The van der Waals surface area contributed by atoms with Crippen LogP contribution in [-0.2, 0) is 4.74 Å². The predicted octanol–water partition coefficient (Wildman–Crippen LogP) is 0.526. The van der Waals surface area contributed by atoms with Gasteiger partial charge >= 0.3 is 0 Å². The van der Waals surface area contributed by atoms with Gasteiger partial charge in [-0.25, -0.2) is 0 Å². The van der Waals surface area contributed by atoms with Gasteiger partial charge < -0.3 is 15.2 Å². The second-order valence-corrected chi connectivity index (χ2v) is 3.82. The third-order valence-corrected chi connectivity index (χ3v) is 2.24. The van der Waals surface area contributed by atoms with E-state index in [1.165, 1.54) is 0 Å². The van der Waals surface area contributed by atoms with Crippen molar-refractivity contribution in [2.24, 2.45) is 0 Å². The van der Waals surface area contributed by atoms with Crippen LogP contribution in [0.25, 0.3) is 0 Å². The van der Waals surface area contributed by atoms with Crippen molar-refractivity contribution in [2.75, 3.05) is 19.7 Å². The molecule has 0 amide bonds. The number of hydrogen-bond acceptors (Lipinski definition) is 3. The van der Waals surface area contributed by atoms with E-state index in [0.29, 0.717) is 13.2 Å². The summed E-state index contributed by atoms with van der Waals surface area (Å²) >= 11 is 0. The van der Waals surface area contributed by atoms with Crippen LogP contribution in [0, 0.1) is 0 Å². The van der Waals surface area contributed by atoms with Crippen molar-refractivity contribution >= 4 is 0 Å². The lowest BCUT2D eigenvalue weighted by atomic mass is 10.00. The lowest BCUT2D eigenvalue weighted by molar-refractivity contribution is -0.000367. The van der Waals surface area contributed by atoms with Gasteiger partial charge in [0.25, 0.3) is 0 Å². The molecule has 0 aromatic rings. The molecule has 0 bridgehead atoms. The number of hydrogen-bond donors (Lipinski definition) is 2. The lowest BCUT2D eigenvalue weighted by Gasteiger charge is -2.21. The summed E-state index contributed by atoms with van der Waals surface area (Å²) in [5.74, 6) is 0. The number of aliphatic hydroxyl groups is 1. The molecule has 0 saturated carbocycles. The third kappa shape index (κ3) is 3.09. The first-order valence-electron chi connectivity index (χ1n) is 4.67. The van der Waals surface area contributed by atoms with E-state index in [1.54, 1.807) is 0 Å². The summed E-state index contributed by atoms with van der Waals surface area (Å²) in [5.41, 5.74) is -0.505. The Kier molecular flexibility index (Phi) is 3.50. The summed E-state index contributed by atoms with van der Waals surface area (Å²) in [5, 5.41) is 13.0. The van der Waals surface area contributed by atoms with Crippen molar-refractivity contribution in [3.8, 4) is 0 Å². The minimum absolute atomic E-state index is 0.267. The van der Waals surface area contributed by atoms with Crippen LogP contribution >= 0.6 is 0 Å². The van der Waals surface area contributed by atoms with Gasteiger partial charge in [-0.15, -0.1) is 0 Å². The second kappa shape index (κ2) is 4.21. The van der Waals surface area contributed by atoms with E-state index in [4.69, 9.17) is 4.74 Å². The van der Waals surface area contributed by atoms with Gasteiger partial charge in [0.15, 0.2) is 0 Å². The zero-order chi connectivity index (χ0) is 9.03. The van der Waals surface area contributed by atoms with Crippen molar-refractivity contribution in [2.45, 2.75) is 38.4 Å². The zero-order valence-electron chi connectivity index (χ0n) is 7.97. The molecule has 0 spiro atoms. The molecule has 1 aliphatic rings. The van der Waals surface area contributed by atoms with Gasteiger partial charge in [0.2, 0.25) is 0 Å². The monoisotopic (exact) mass is 173 g/mol. The molecule has 1 rings (SSSR count). The Morgan fingerprint density at radius 3 is 2.83 bits per heavy atom. The first kappa shape index (κ1) is 9.96. The molecule has 0 aliphatic carbocycles. The number of ether oxygens (including phenoxy) is 1. The molecule has 0 aromatic heterocycles. The van der Waals surface area contributed by atoms with Crippen LogP contribution in [0.15, 0.2) is 0 Å². The largest absolute Gasteiger partial charge is 0.388 e.